The van der Waals surface area contributed by atoms with Crippen LogP contribution in [0.1, 0.15) is 52.5 Å². The molecule has 1 aliphatic rings. The fraction of sp³-hybridized carbons (Fsp3) is 0.500. The molecule has 0 radical (unpaired) electrons. The molecular weight excluding hydrogens is 384 g/mol. The second-order valence-electron chi connectivity index (χ2n) is 8.14. The molecule has 1 amide bonds. The second kappa shape index (κ2) is 8.61. The van der Waals surface area contributed by atoms with E-state index in [1.165, 1.54) is 31.0 Å². The number of nitrogens with zero attached hydrogens (tertiary/aromatic N) is 3. The van der Waals surface area contributed by atoms with Crippen LogP contribution in [0.25, 0.3) is 22.6 Å². The molecule has 0 spiro atoms. The molecular formula is C22H28N4O2S. The van der Waals surface area contributed by atoms with Crippen LogP contribution >= 0.6 is 11.8 Å². The van der Waals surface area contributed by atoms with E-state index in [4.69, 9.17) is 4.42 Å². The van der Waals surface area contributed by atoms with Gasteiger partial charge in [0.15, 0.2) is 10.9 Å². The first-order chi connectivity index (χ1) is 14.0. The number of carbonyl (C=O) groups is 1. The molecule has 0 aliphatic heterocycles. The molecule has 7 heteroatoms. The van der Waals surface area contributed by atoms with Crippen molar-refractivity contribution in [3.8, 4) is 11.6 Å². The lowest BCUT2D eigenvalue weighted by molar-refractivity contribution is -0.119. The number of para-hydroxylation sites is 1. The maximum atomic E-state index is 12.5. The summed E-state index contributed by atoms with van der Waals surface area (Å²) >= 11 is 1.43. The van der Waals surface area contributed by atoms with Gasteiger partial charge in [-0.25, -0.2) is 0 Å². The van der Waals surface area contributed by atoms with Crippen LogP contribution in [0.15, 0.2) is 39.9 Å². The average Bonchev–Trinajstić information content (AvgIpc) is 3.32. The highest BCUT2D eigenvalue weighted by atomic mass is 32.2. The average molecular weight is 413 g/mol. The topological polar surface area (TPSA) is 73.0 Å². The maximum absolute atomic E-state index is 12.5. The molecule has 0 saturated heterocycles. The summed E-state index contributed by atoms with van der Waals surface area (Å²) in [5.74, 6) is 2.35. The molecule has 2 atom stereocenters. The zero-order valence-corrected chi connectivity index (χ0v) is 18.0. The predicted molar refractivity (Wildman–Crippen MR) is 116 cm³/mol. The van der Waals surface area contributed by atoms with Crippen molar-refractivity contribution in [3.05, 3.63) is 30.3 Å². The zero-order chi connectivity index (χ0) is 20.4. The van der Waals surface area contributed by atoms with E-state index in [0.717, 1.165) is 22.5 Å². The Kier molecular flexibility index (Phi) is 5.94. The van der Waals surface area contributed by atoms with E-state index in [-0.39, 0.29) is 11.9 Å². The van der Waals surface area contributed by atoms with Crippen molar-refractivity contribution in [3.63, 3.8) is 0 Å². The number of benzene rings is 1. The number of hydrogen-bond donors (Lipinski definition) is 1. The van der Waals surface area contributed by atoms with Crippen LogP contribution in [-0.4, -0.2) is 32.5 Å². The minimum absolute atomic E-state index is 0.0670. The monoisotopic (exact) mass is 412 g/mol. The standard InChI is InChI=1S/C22H28N4O2S/c1-14(2)26-21(19-12-16-9-5-7-11-18(16)28-19)24-25-22(26)29-13-20(27)23-17-10-6-4-8-15(17)3/h5,7,9,11-12,14-15,17H,4,6,8,10,13H2,1-3H3,(H,23,27)/t15-,17+/m0/s1. The minimum atomic E-state index is 0.0670. The van der Waals surface area contributed by atoms with E-state index in [0.29, 0.717) is 29.3 Å². The van der Waals surface area contributed by atoms with Crippen LogP contribution < -0.4 is 5.32 Å². The highest BCUT2D eigenvalue weighted by molar-refractivity contribution is 7.99. The first-order valence-corrected chi connectivity index (χ1v) is 11.4. The molecule has 1 saturated carbocycles. The van der Waals surface area contributed by atoms with Crippen LogP contribution in [0.3, 0.4) is 0 Å². The fourth-order valence-electron chi connectivity index (χ4n) is 4.01. The molecule has 6 nitrogen and oxygen atoms in total. The quantitative estimate of drug-likeness (QED) is 0.573. The van der Waals surface area contributed by atoms with Crippen LogP contribution in [-0.2, 0) is 4.79 Å². The Labute approximate surface area is 175 Å². The third-order valence-electron chi connectivity index (χ3n) is 5.62. The number of furan rings is 1. The minimum Gasteiger partial charge on any atom is -0.453 e. The van der Waals surface area contributed by atoms with Gasteiger partial charge < -0.3 is 9.73 Å². The summed E-state index contributed by atoms with van der Waals surface area (Å²) in [5, 5.41) is 13.7. The van der Waals surface area contributed by atoms with Gasteiger partial charge in [-0.2, -0.15) is 0 Å². The molecule has 4 rings (SSSR count). The summed E-state index contributed by atoms with van der Waals surface area (Å²) < 4.78 is 8.02. The van der Waals surface area contributed by atoms with E-state index in [1.807, 2.05) is 34.9 Å². The van der Waals surface area contributed by atoms with Crippen molar-refractivity contribution in [2.75, 3.05) is 5.75 Å². The second-order valence-corrected chi connectivity index (χ2v) is 9.09. The molecule has 1 aromatic carbocycles. The Balaban J connectivity index is 1.48. The van der Waals surface area contributed by atoms with Crippen molar-refractivity contribution in [1.29, 1.82) is 0 Å². The van der Waals surface area contributed by atoms with Gasteiger partial charge in [0.1, 0.15) is 5.58 Å². The molecule has 29 heavy (non-hydrogen) atoms. The lowest BCUT2D eigenvalue weighted by atomic mass is 9.86. The summed E-state index contributed by atoms with van der Waals surface area (Å²) in [6, 6.07) is 10.3. The molecule has 1 fully saturated rings. The SMILES string of the molecule is CC(C)n1c(SCC(=O)N[C@@H]2CCCC[C@@H]2C)nnc1-c1cc2ccccc2o1. The van der Waals surface area contributed by atoms with Crippen molar-refractivity contribution < 1.29 is 9.21 Å². The van der Waals surface area contributed by atoms with Gasteiger partial charge in [-0.1, -0.05) is 49.7 Å². The Morgan fingerprint density at radius 3 is 2.83 bits per heavy atom. The maximum Gasteiger partial charge on any atom is 0.230 e. The summed E-state index contributed by atoms with van der Waals surface area (Å²) in [7, 11) is 0. The lowest BCUT2D eigenvalue weighted by Crippen LogP contribution is -2.41. The number of amides is 1. The van der Waals surface area contributed by atoms with Gasteiger partial charge in [-0.05, 0) is 44.7 Å². The van der Waals surface area contributed by atoms with Crippen LogP contribution in [0.5, 0.6) is 0 Å². The van der Waals surface area contributed by atoms with E-state index >= 15 is 0 Å². The summed E-state index contributed by atoms with van der Waals surface area (Å²) in [4.78, 5) is 12.5. The number of nitrogens with one attached hydrogen (secondary N) is 1. The molecule has 2 aromatic heterocycles. The van der Waals surface area contributed by atoms with Gasteiger partial charge in [0, 0.05) is 17.5 Å². The van der Waals surface area contributed by atoms with Crippen LogP contribution in [0.2, 0.25) is 0 Å². The number of fused-ring (bicyclic) bond motifs is 1. The molecule has 3 aromatic rings. The highest BCUT2D eigenvalue weighted by Gasteiger charge is 2.24. The summed E-state index contributed by atoms with van der Waals surface area (Å²) in [5.41, 5.74) is 0.830. The van der Waals surface area contributed by atoms with E-state index in [1.54, 1.807) is 0 Å². The molecule has 1 N–H and O–H groups in total. The molecule has 0 bridgehead atoms. The van der Waals surface area contributed by atoms with Crippen LogP contribution in [0, 0.1) is 5.92 Å². The fourth-order valence-corrected chi connectivity index (χ4v) is 4.89. The van der Waals surface area contributed by atoms with Gasteiger partial charge in [0.2, 0.25) is 11.7 Å². The molecule has 1 aliphatic carbocycles. The highest BCUT2D eigenvalue weighted by Crippen LogP contribution is 2.31. The molecule has 0 unspecified atom stereocenters. The van der Waals surface area contributed by atoms with Gasteiger partial charge >= 0.3 is 0 Å². The largest absolute Gasteiger partial charge is 0.453 e. The predicted octanol–water partition coefficient (Wildman–Crippen LogP) is 5.06. The Morgan fingerprint density at radius 2 is 2.07 bits per heavy atom. The number of rotatable bonds is 6. The van der Waals surface area contributed by atoms with Gasteiger partial charge in [-0.15, -0.1) is 10.2 Å². The van der Waals surface area contributed by atoms with E-state index < -0.39 is 0 Å². The number of carbonyl (C=O) groups excluding carboxylic acids is 1. The van der Waals surface area contributed by atoms with Crippen molar-refractivity contribution >= 4 is 28.6 Å². The van der Waals surface area contributed by atoms with Gasteiger partial charge in [0.05, 0.1) is 5.75 Å². The first kappa shape index (κ1) is 20.0. The number of hydrogen-bond acceptors (Lipinski definition) is 5. The van der Waals surface area contributed by atoms with Gasteiger partial charge in [-0.3, -0.25) is 9.36 Å². The number of aromatic nitrogens is 3. The van der Waals surface area contributed by atoms with Crippen LogP contribution in [0.4, 0.5) is 0 Å². The summed E-state index contributed by atoms with van der Waals surface area (Å²) in [6.45, 7) is 6.40. The normalized spacial score (nSPS) is 19.7. The number of thioether (sulfide) groups is 1. The van der Waals surface area contributed by atoms with Crippen molar-refractivity contribution in [2.24, 2.45) is 5.92 Å². The smallest absolute Gasteiger partial charge is 0.230 e. The first-order valence-electron chi connectivity index (χ1n) is 10.4. The van der Waals surface area contributed by atoms with Gasteiger partial charge in [0.25, 0.3) is 0 Å². The van der Waals surface area contributed by atoms with E-state index in [2.05, 4.69) is 36.3 Å². The Morgan fingerprint density at radius 1 is 1.28 bits per heavy atom. The van der Waals surface area contributed by atoms with E-state index in [9.17, 15) is 4.79 Å². The van der Waals surface area contributed by atoms with Crippen molar-refractivity contribution in [2.45, 2.75) is 63.7 Å². The zero-order valence-electron chi connectivity index (χ0n) is 17.2. The van der Waals surface area contributed by atoms with Crippen molar-refractivity contribution in [1.82, 2.24) is 20.1 Å². The summed E-state index contributed by atoms with van der Waals surface area (Å²) in [6.07, 6.45) is 4.74. The Hall–Kier alpha value is -2.28. The molecule has 154 valence electrons. The lowest BCUT2D eigenvalue weighted by Gasteiger charge is -2.29. The molecule has 2 heterocycles. The third kappa shape index (κ3) is 4.34. The third-order valence-corrected chi connectivity index (χ3v) is 6.56. The Bertz CT molecular complexity index is 961.